The van der Waals surface area contributed by atoms with Crippen molar-refractivity contribution in [3.63, 3.8) is 0 Å². The van der Waals surface area contributed by atoms with E-state index in [1.54, 1.807) is 0 Å². The predicted molar refractivity (Wildman–Crippen MR) is 82.1 cm³/mol. The quantitative estimate of drug-likeness (QED) is 0.709. The van der Waals surface area contributed by atoms with Gasteiger partial charge in [-0.2, -0.15) is 0 Å². The lowest BCUT2D eigenvalue weighted by molar-refractivity contribution is -0.140. The standard InChI is InChI=1S/C15H23N3O4/c1-2-10-8-18(15(22)17-13(10)19)9-12(14(20)21)16-11-6-4-3-5-7-11/h8,11-12,16H,2-7,9H2,1H3,(H,20,21)(H,17,19,22)/t12-/m0/s1. The van der Waals surface area contributed by atoms with Crippen molar-refractivity contribution >= 4 is 5.97 Å². The third-order valence-electron chi connectivity index (χ3n) is 4.18. The molecule has 2 rings (SSSR count). The maximum absolute atomic E-state index is 11.8. The van der Waals surface area contributed by atoms with E-state index in [2.05, 4.69) is 10.3 Å². The number of carboxylic acids is 1. The van der Waals surface area contributed by atoms with E-state index >= 15 is 0 Å². The van der Waals surface area contributed by atoms with Crippen molar-refractivity contribution in [2.75, 3.05) is 0 Å². The summed E-state index contributed by atoms with van der Waals surface area (Å²) < 4.78 is 1.27. The molecule has 0 aromatic carbocycles. The fraction of sp³-hybridized carbons (Fsp3) is 0.667. The van der Waals surface area contributed by atoms with Gasteiger partial charge in [0, 0.05) is 17.8 Å². The number of aliphatic carboxylic acids is 1. The Morgan fingerprint density at radius 1 is 1.41 bits per heavy atom. The third kappa shape index (κ3) is 4.07. The van der Waals surface area contributed by atoms with Crippen molar-refractivity contribution in [1.82, 2.24) is 14.9 Å². The molecule has 1 aromatic heterocycles. The average Bonchev–Trinajstić information content (AvgIpc) is 2.50. The van der Waals surface area contributed by atoms with E-state index in [1.165, 1.54) is 17.2 Å². The Morgan fingerprint density at radius 2 is 2.09 bits per heavy atom. The predicted octanol–water partition coefficient (Wildman–Crippen LogP) is 0.475. The van der Waals surface area contributed by atoms with Crippen LogP contribution < -0.4 is 16.6 Å². The van der Waals surface area contributed by atoms with Gasteiger partial charge < -0.3 is 10.4 Å². The van der Waals surface area contributed by atoms with Crippen LogP contribution in [0.1, 0.15) is 44.6 Å². The van der Waals surface area contributed by atoms with E-state index < -0.39 is 23.3 Å². The van der Waals surface area contributed by atoms with Gasteiger partial charge in [0.15, 0.2) is 0 Å². The van der Waals surface area contributed by atoms with Gasteiger partial charge in [-0.25, -0.2) is 4.79 Å². The van der Waals surface area contributed by atoms with Crippen LogP contribution in [0, 0.1) is 0 Å². The number of aromatic nitrogens is 2. The molecule has 0 saturated heterocycles. The molecule has 1 atom stereocenters. The number of aryl methyl sites for hydroxylation is 1. The Hall–Kier alpha value is -1.89. The molecule has 7 heteroatoms. The number of hydrogen-bond donors (Lipinski definition) is 3. The monoisotopic (exact) mass is 309 g/mol. The maximum atomic E-state index is 11.8. The third-order valence-corrected chi connectivity index (χ3v) is 4.18. The summed E-state index contributed by atoms with van der Waals surface area (Å²) in [5, 5.41) is 12.5. The lowest BCUT2D eigenvalue weighted by atomic mass is 9.95. The minimum Gasteiger partial charge on any atom is -0.480 e. The Balaban J connectivity index is 2.15. The smallest absolute Gasteiger partial charge is 0.328 e. The highest BCUT2D eigenvalue weighted by molar-refractivity contribution is 5.73. The minimum absolute atomic E-state index is 0.00838. The summed E-state index contributed by atoms with van der Waals surface area (Å²) in [6, 6.07) is -0.657. The van der Waals surface area contributed by atoms with Crippen LogP contribution in [0.15, 0.2) is 15.8 Å². The lowest BCUT2D eigenvalue weighted by Crippen LogP contribution is -2.48. The fourth-order valence-electron chi connectivity index (χ4n) is 2.89. The Labute approximate surface area is 128 Å². The lowest BCUT2D eigenvalue weighted by Gasteiger charge is -2.26. The Bertz CT molecular complexity index is 628. The van der Waals surface area contributed by atoms with Crippen LogP contribution in [0.5, 0.6) is 0 Å². The zero-order valence-electron chi connectivity index (χ0n) is 12.8. The summed E-state index contributed by atoms with van der Waals surface area (Å²) in [6.07, 6.45) is 7.26. The van der Waals surface area contributed by atoms with Crippen LogP contribution in [0.3, 0.4) is 0 Å². The second-order valence-corrected chi connectivity index (χ2v) is 5.81. The summed E-state index contributed by atoms with van der Waals surface area (Å²) in [6.45, 7) is 1.82. The number of nitrogens with zero attached hydrogens (tertiary/aromatic N) is 1. The van der Waals surface area contributed by atoms with E-state index in [0.29, 0.717) is 12.0 Å². The van der Waals surface area contributed by atoms with Crippen molar-refractivity contribution in [3.05, 3.63) is 32.6 Å². The van der Waals surface area contributed by atoms with Gasteiger partial charge in [0.05, 0.1) is 6.54 Å². The molecular formula is C15H23N3O4. The van der Waals surface area contributed by atoms with Gasteiger partial charge in [-0.1, -0.05) is 26.2 Å². The summed E-state index contributed by atoms with van der Waals surface area (Å²) >= 11 is 0. The molecule has 122 valence electrons. The molecule has 0 radical (unpaired) electrons. The Kier molecular flexibility index (Phi) is 5.54. The molecule has 0 aliphatic heterocycles. The Morgan fingerprint density at radius 3 is 2.68 bits per heavy atom. The highest BCUT2D eigenvalue weighted by Gasteiger charge is 2.24. The molecule has 1 aliphatic carbocycles. The van der Waals surface area contributed by atoms with Gasteiger partial charge in [-0.3, -0.25) is 19.1 Å². The van der Waals surface area contributed by atoms with Crippen LogP contribution in [-0.2, 0) is 17.8 Å². The molecule has 1 aromatic rings. The van der Waals surface area contributed by atoms with Gasteiger partial charge in [-0.05, 0) is 19.3 Å². The van der Waals surface area contributed by atoms with Gasteiger partial charge in [0.1, 0.15) is 6.04 Å². The van der Waals surface area contributed by atoms with E-state index in [1.807, 2.05) is 6.92 Å². The summed E-state index contributed by atoms with van der Waals surface area (Å²) in [5.41, 5.74) is -0.504. The number of hydrogen-bond acceptors (Lipinski definition) is 4. The van der Waals surface area contributed by atoms with Crippen molar-refractivity contribution in [2.45, 2.75) is 64.1 Å². The number of aromatic amines is 1. The summed E-state index contributed by atoms with van der Waals surface area (Å²) in [4.78, 5) is 37.1. The van der Waals surface area contributed by atoms with Crippen LogP contribution in [0.4, 0.5) is 0 Å². The van der Waals surface area contributed by atoms with Crippen LogP contribution >= 0.6 is 0 Å². The van der Waals surface area contributed by atoms with Crippen molar-refractivity contribution in [3.8, 4) is 0 Å². The highest BCUT2D eigenvalue weighted by Crippen LogP contribution is 2.18. The van der Waals surface area contributed by atoms with E-state index in [4.69, 9.17) is 0 Å². The number of carbonyl (C=O) groups is 1. The number of rotatable bonds is 6. The molecule has 7 nitrogen and oxygen atoms in total. The van der Waals surface area contributed by atoms with E-state index in [-0.39, 0.29) is 12.6 Å². The van der Waals surface area contributed by atoms with Crippen molar-refractivity contribution < 1.29 is 9.90 Å². The molecule has 0 bridgehead atoms. The van der Waals surface area contributed by atoms with E-state index in [9.17, 15) is 19.5 Å². The largest absolute Gasteiger partial charge is 0.480 e. The molecule has 1 saturated carbocycles. The first-order valence-electron chi connectivity index (χ1n) is 7.82. The normalized spacial score (nSPS) is 17.3. The number of nitrogens with one attached hydrogen (secondary N) is 2. The summed E-state index contributed by atoms with van der Waals surface area (Å²) in [5.74, 6) is -0.985. The van der Waals surface area contributed by atoms with Gasteiger partial charge in [-0.15, -0.1) is 0 Å². The average molecular weight is 309 g/mol. The first kappa shape index (κ1) is 16.5. The number of carboxylic acid groups (broad SMARTS) is 1. The number of H-pyrrole nitrogens is 1. The maximum Gasteiger partial charge on any atom is 0.328 e. The molecule has 0 unspecified atom stereocenters. The van der Waals surface area contributed by atoms with Gasteiger partial charge in [0.2, 0.25) is 0 Å². The summed E-state index contributed by atoms with van der Waals surface area (Å²) in [7, 11) is 0. The van der Waals surface area contributed by atoms with Gasteiger partial charge >= 0.3 is 11.7 Å². The van der Waals surface area contributed by atoms with Crippen LogP contribution in [-0.4, -0.2) is 32.7 Å². The van der Waals surface area contributed by atoms with E-state index in [0.717, 1.165) is 25.7 Å². The second kappa shape index (κ2) is 7.40. The topological polar surface area (TPSA) is 104 Å². The molecule has 1 fully saturated rings. The molecule has 22 heavy (non-hydrogen) atoms. The second-order valence-electron chi connectivity index (χ2n) is 5.81. The zero-order chi connectivity index (χ0) is 16.1. The fourth-order valence-corrected chi connectivity index (χ4v) is 2.89. The SMILES string of the molecule is CCc1cn(C[C@H](NC2CCCCC2)C(=O)O)c(=O)[nH]c1=O. The first-order valence-corrected chi connectivity index (χ1v) is 7.82. The van der Waals surface area contributed by atoms with Crippen LogP contribution in [0.25, 0.3) is 0 Å². The molecule has 1 heterocycles. The molecule has 3 N–H and O–H groups in total. The zero-order valence-corrected chi connectivity index (χ0v) is 12.8. The highest BCUT2D eigenvalue weighted by atomic mass is 16.4. The molecule has 0 spiro atoms. The molecule has 1 aliphatic rings. The van der Waals surface area contributed by atoms with Gasteiger partial charge in [0.25, 0.3) is 5.56 Å². The molecule has 0 amide bonds. The van der Waals surface area contributed by atoms with Crippen molar-refractivity contribution in [2.24, 2.45) is 0 Å². The first-order chi connectivity index (χ1) is 10.5. The van der Waals surface area contributed by atoms with Crippen molar-refractivity contribution in [1.29, 1.82) is 0 Å². The molecular weight excluding hydrogens is 286 g/mol. The minimum atomic E-state index is -0.985. The van der Waals surface area contributed by atoms with Crippen LogP contribution in [0.2, 0.25) is 0 Å².